The minimum atomic E-state index is -4.75. The summed E-state index contributed by atoms with van der Waals surface area (Å²) in [5.41, 5.74) is -1.67. The second-order valence-corrected chi connectivity index (χ2v) is 8.91. The van der Waals surface area contributed by atoms with Gasteiger partial charge in [0.15, 0.2) is 9.84 Å². The van der Waals surface area contributed by atoms with Gasteiger partial charge in [0.25, 0.3) is 5.91 Å². The predicted molar refractivity (Wildman–Crippen MR) is 98.3 cm³/mol. The predicted octanol–water partition coefficient (Wildman–Crippen LogP) is 2.98. The highest BCUT2D eigenvalue weighted by molar-refractivity contribution is 7.90. The van der Waals surface area contributed by atoms with Crippen molar-refractivity contribution in [2.45, 2.75) is 30.5 Å². The van der Waals surface area contributed by atoms with E-state index in [2.05, 4.69) is 10.4 Å². The number of sulfone groups is 1. The van der Waals surface area contributed by atoms with Crippen molar-refractivity contribution in [3.8, 4) is 0 Å². The van der Waals surface area contributed by atoms with Gasteiger partial charge in [-0.2, -0.15) is 18.3 Å². The molecule has 1 aliphatic rings. The molecule has 1 aromatic carbocycles. The summed E-state index contributed by atoms with van der Waals surface area (Å²) in [7, 11) is -3.53. The summed E-state index contributed by atoms with van der Waals surface area (Å²) in [6.45, 7) is 1.18. The summed E-state index contributed by atoms with van der Waals surface area (Å²) in [4.78, 5) is 12.7. The molecule has 1 amide bonds. The van der Waals surface area contributed by atoms with Crippen molar-refractivity contribution >= 4 is 21.4 Å². The van der Waals surface area contributed by atoms with Crippen LogP contribution in [-0.4, -0.2) is 43.6 Å². The monoisotopic (exact) mass is 431 g/mol. The Morgan fingerprint density at radius 2 is 2.00 bits per heavy atom. The highest BCUT2D eigenvalue weighted by Crippen LogP contribution is 2.33. The Bertz CT molecular complexity index is 996. The quantitative estimate of drug-likeness (QED) is 0.786. The van der Waals surface area contributed by atoms with Gasteiger partial charge in [0, 0.05) is 31.7 Å². The molecular weight excluding hydrogens is 411 g/mol. The van der Waals surface area contributed by atoms with Crippen LogP contribution in [0.3, 0.4) is 0 Å². The lowest BCUT2D eigenvalue weighted by atomic mass is 10.0. The minimum absolute atomic E-state index is 0.0462. The fraction of sp³-hybridized carbons (Fsp3) is 0.444. The van der Waals surface area contributed by atoms with Gasteiger partial charge in [0.2, 0.25) is 0 Å². The number of amides is 1. The molecule has 2 aromatic rings. The first kappa shape index (κ1) is 21.3. The van der Waals surface area contributed by atoms with Gasteiger partial charge in [0.1, 0.15) is 11.3 Å². The lowest BCUT2D eigenvalue weighted by Gasteiger charge is -2.22. The molecule has 0 atom stereocenters. The number of carbonyl (C=O) groups is 1. The van der Waals surface area contributed by atoms with E-state index in [0.29, 0.717) is 32.3 Å². The molecule has 1 saturated heterocycles. The molecule has 11 heteroatoms. The Hall–Kier alpha value is -2.40. The molecule has 3 rings (SSSR count). The molecule has 2 heterocycles. The summed E-state index contributed by atoms with van der Waals surface area (Å²) in [5.74, 6) is -0.961. The Morgan fingerprint density at radius 1 is 1.31 bits per heavy atom. The molecule has 7 nitrogen and oxygen atoms in total. The molecule has 0 spiro atoms. The summed E-state index contributed by atoms with van der Waals surface area (Å²) in [5, 5.41) is 6.15. The standard InChI is InChI=1S/C18H20F3N3O4S/c1-29(26,27)14-4-2-3-13(9-14)23-17(25)16-15(18(19,20)21)10-22-24(16)11-12-5-7-28-8-6-12/h2-4,9-10,12H,5-8,11H2,1H3,(H,23,25). The van der Waals surface area contributed by atoms with E-state index < -0.39 is 33.2 Å². The van der Waals surface area contributed by atoms with Crippen LogP contribution in [-0.2, 0) is 27.3 Å². The van der Waals surface area contributed by atoms with E-state index in [9.17, 15) is 26.4 Å². The van der Waals surface area contributed by atoms with E-state index in [4.69, 9.17) is 4.74 Å². The number of nitrogens with zero attached hydrogens (tertiary/aromatic N) is 2. The van der Waals surface area contributed by atoms with Gasteiger partial charge >= 0.3 is 6.18 Å². The van der Waals surface area contributed by atoms with Gasteiger partial charge in [-0.05, 0) is 37.0 Å². The lowest BCUT2D eigenvalue weighted by molar-refractivity contribution is -0.138. The molecule has 29 heavy (non-hydrogen) atoms. The molecule has 0 bridgehead atoms. The molecule has 0 radical (unpaired) electrons. The first-order chi connectivity index (χ1) is 13.6. The zero-order valence-electron chi connectivity index (χ0n) is 15.6. The van der Waals surface area contributed by atoms with E-state index in [0.717, 1.165) is 10.9 Å². The fourth-order valence-corrected chi connectivity index (χ4v) is 3.81. The number of aromatic nitrogens is 2. The van der Waals surface area contributed by atoms with Crippen molar-refractivity contribution in [1.29, 1.82) is 0 Å². The number of anilines is 1. The number of rotatable bonds is 5. The van der Waals surface area contributed by atoms with Crippen LogP contribution in [0, 0.1) is 5.92 Å². The van der Waals surface area contributed by atoms with Crippen molar-refractivity contribution in [3.63, 3.8) is 0 Å². The molecule has 1 fully saturated rings. The van der Waals surface area contributed by atoms with E-state index in [1.807, 2.05) is 0 Å². The third-order valence-electron chi connectivity index (χ3n) is 4.65. The van der Waals surface area contributed by atoms with Crippen LogP contribution in [0.4, 0.5) is 18.9 Å². The molecule has 0 unspecified atom stereocenters. The summed E-state index contributed by atoms with van der Waals surface area (Å²) in [6, 6.07) is 5.33. The van der Waals surface area contributed by atoms with Gasteiger partial charge in [-0.3, -0.25) is 9.48 Å². The maximum atomic E-state index is 13.4. The van der Waals surface area contributed by atoms with Gasteiger partial charge in [-0.15, -0.1) is 0 Å². The number of benzene rings is 1. The van der Waals surface area contributed by atoms with Crippen molar-refractivity contribution in [2.75, 3.05) is 24.8 Å². The average molecular weight is 431 g/mol. The zero-order chi connectivity index (χ0) is 21.2. The maximum Gasteiger partial charge on any atom is 0.420 e. The molecular formula is C18H20F3N3O4S. The zero-order valence-corrected chi connectivity index (χ0v) is 16.4. The van der Waals surface area contributed by atoms with E-state index in [1.54, 1.807) is 0 Å². The Labute approximate surface area is 165 Å². The third kappa shape index (κ3) is 5.15. The van der Waals surface area contributed by atoms with E-state index in [1.165, 1.54) is 24.3 Å². The number of carbonyl (C=O) groups excluding carboxylic acids is 1. The topological polar surface area (TPSA) is 90.3 Å². The summed E-state index contributed by atoms with van der Waals surface area (Å²) >= 11 is 0. The van der Waals surface area contributed by atoms with Crippen molar-refractivity contribution in [2.24, 2.45) is 5.92 Å². The van der Waals surface area contributed by atoms with Gasteiger partial charge in [-0.25, -0.2) is 8.42 Å². The SMILES string of the molecule is CS(=O)(=O)c1cccc(NC(=O)c2c(C(F)(F)F)cnn2CC2CCOCC2)c1. The number of nitrogens with one attached hydrogen (secondary N) is 1. The van der Waals surface area contributed by atoms with Gasteiger partial charge in [0.05, 0.1) is 11.1 Å². The van der Waals surface area contributed by atoms with Crippen LogP contribution in [0.2, 0.25) is 0 Å². The van der Waals surface area contributed by atoms with Crippen molar-refractivity contribution in [1.82, 2.24) is 9.78 Å². The second-order valence-electron chi connectivity index (χ2n) is 6.90. The Balaban J connectivity index is 1.91. The maximum absolute atomic E-state index is 13.4. The first-order valence-corrected chi connectivity index (χ1v) is 10.8. The van der Waals surface area contributed by atoms with Crippen LogP contribution in [0.5, 0.6) is 0 Å². The summed E-state index contributed by atoms with van der Waals surface area (Å²) in [6.07, 6.45) is -1.79. The smallest absolute Gasteiger partial charge is 0.381 e. The van der Waals surface area contributed by atoms with Crippen LogP contribution in [0.1, 0.15) is 28.9 Å². The molecule has 158 valence electrons. The van der Waals surface area contributed by atoms with Crippen molar-refractivity contribution in [3.05, 3.63) is 41.7 Å². The average Bonchev–Trinajstić information content (AvgIpc) is 3.06. The number of alkyl halides is 3. The molecule has 1 aliphatic heterocycles. The number of hydrogen-bond donors (Lipinski definition) is 1. The fourth-order valence-electron chi connectivity index (χ4n) is 3.14. The molecule has 1 N–H and O–H groups in total. The number of hydrogen-bond acceptors (Lipinski definition) is 5. The highest BCUT2D eigenvalue weighted by atomic mass is 32.2. The summed E-state index contributed by atoms with van der Waals surface area (Å²) < 4.78 is 69.9. The van der Waals surface area contributed by atoms with Crippen LogP contribution >= 0.6 is 0 Å². The number of halogens is 3. The largest absolute Gasteiger partial charge is 0.420 e. The second kappa shape index (κ2) is 8.15. The van der Waals surface area contributed by atoms with E-state index in [-0.39, 0.29) is 23.0 Å². The highest BCUT2D eigenvalue weighted by Gasteiger charge is 2.39. The molecule has 0 saturated carbocycles. The molecule has 1 aromatic heterocycles. The van der Waals surface area contributed by atoms with E-state index >= 15 is 0 Å². The van der Waals surface area contributed by atoms with Crippen LogP contribution < -0.4 is 5.32 Å². The number of ether oxygens (including phenoxy) is 1. The van der Waals surface area contributed by atoms with Crippen LogP contribution in [0.15, 0.2) is 35.4 Å². The van der Waals surface area contributed by atoms with Gasteiger partial charge < -0.3 is 10.1 Å². The lowest BCUT2D eigenvalue weighted by Crippen LogP contribution is -2.26. The third-order valence-corrected chi connectivity index (χ3v) is 5.76. The Morgan fingerprint density at radius 3 is 2.62 bits per heavy atom. The van der Waals surface area contributed by atoms with Crippen LogP contribution in [0.25, 0.3) is 0 Å². The van der Waals surface area contributed by atoms with Gasteiger partial charge in [-0.1, -0.05) is 6.07 Å². The Kier molecular flexibility index (Phi) is 5.99. The normalized spacial score (nSPS) is 16.0. The van der Waals surface area contributed by atoms with Crippen molar-refractivity contribution < 1.29 is 31.1 Å². The first-order valence-electron chi connectivity index (χ1n) is 8.88. The molecule has 0 aliphatic carbocycles. The minimum Gasteiger partial charge on any atom is -0.381 e.